The molecule has 3 aromatic rings. The fraction of sp³-hybridized carbons (Fsp3) is 0.263. The van der Waals surface area contributed by atoms with Crippen molar-refractivity contribution in [1.29, 1.82) is 0 Å². The van der Waals surface area contributed by atoms with Gasteiger partial charge >= 0.3 is 0 Å². The van der Waals surface area contributed by atoms with Gasteiger partial charge in [0.05, 0.1) is 17.8 Å². The first-order chi connectivity index (χ1) is 14.3. The highest BCUT2D eigenvalue weighted by Crippen LogP contribution is 2.31. The van der Waals surface area contributed by atoms with E-state index in [-0.39, 0.29) is 17.1 Å². The molecule has 1 aromatic heterocycles. The zero-order chi connectivity index (χ0) is 21.8. The van der Waals surface area contributed by atoms with Crippen LogP contribution in [0.3, 0.4) is 0 Å². The largest absolute Gasteiger partial charge is 0.494 e. The molecule has 10 nitrogen and oxygen atoms in total. The number of tetrazole rings is 1. The van der Waals surface area contributed by atoms with Crippen molar-refractivity contribution < 1.29 is 14.5 Å². The summed E-state index contributed by atoms with van der Waals surface area (Å²) in [5.74, 6) is 0.159. The Hall–Kier alpha value is -3.47. The second-order valence-corrected chi connectivity index (χ2v) is 7.49. The molecule has 11 heteroatoms. The van der Waals surface area contributed by atoms with Crippen molar-refractivity contribution in [1.82, 2.24) is 20.2 Å². The number of carbonyl (C=O) groups excluding carboxylic acids is 1. The average molecular weight is 428 g/mol. The monoisotopic (exact) mass is 428 g/mol. The smallest absolute Gasteiger partial charge is 0.293 e. The number of anilines is 1. The van der Waals surface area contributed by atoms with Crippen molar-refractivity contribution in [2.24, 2.45) is 0 Å². The highest BCUT2D eigenvalue weighted by atomic mass is 32.2. The van der Waals surface area contributed by atoms with Crippen LogP contribution < -0.4 is 10.1 Å². The van der Waals surface area contributed by atoms with Gasteiger partial charge in [0.1, 0.15) is 17.1 Å². The normalized spacial score (nSPS) is 10.7. The average Bonchev–Trinajstić information content (AvgIpc) is 3.18. The van der Waals surface area contributed by atoms with E-state index in [1.165, 1.54) is 10.7 Å². The molecule has 3 rings (SSSR count). The molecule has 0 bridgehead atoms. The minimum Gasteiger partial charge on any atom is -0.494 e. The minimum atomic E-state index is -0.514. The fourth-order valence-electron chi connectivity index (χ4n) is 2.80. The number of aromatic nitrogens is 4. The third-order valence-electron chi connectivity index (χ3n) is 4.51. The van der Waals surface area contributed by atoms with Gasteiger partial charge in [-0.15, -0.1) is 5.10 Å². The van der Waals surface area contributed by atoms with E-state index < -0.39 is 10.8 Å². The van der Waals surface area contributed by atoms with Crippen LogP contribution in [0, 0.1) is 30.9 Å². The van der Waals surface area contributed by atoms with Gasteiger partial charge < -0.3 is 10.1 Å². The molecule has 1 amide bonds. The maximum atomic E-state index is 12.5. The summed E-state index contributed by atoms with van der Waals surface area (Å²) in [4.78, 5) is 23.3. The molecule has 0 unspecified atom stereocenters. The van der Waals surface area contributed by atoms with Crippen LogP contribution in [0.25, 0.3) is 5.69 Å². The van der Waals surface area contributed by atoms with Crippen molar-refractivity contribution in [2.75, 3.05) is 18.2 Å². The number of nitrogens with one attached hydrogen (secondary N) is 1. The molecule has 2 aromatic carbocycles. The first-order valence-electron chi connectivity index (χ1n) is 8.92. The molecule has 156 valence electrons. The topological polar surface area (TPSA) is 125 Å². The number of benzene rings is 2. The number of nitro groups is 1. The predicted octanol–water partition coefficient (Wildman–Crippen LogP) is 3.24. The summed E-state index contributed by atoms with van der Waals surface area (Å²) >= 11 is 1.11. The predicted molar refractivity (Wildman–Crippen MR) is 112 cm³/mol. The lowest BCUT2D eigenvalue weighted by molar-refractivity contribution is -0.384. The van der Waals surface area contributed by atoms with Gasteiger partial charge in [0, 0.05) is 6.07 Å². The molecule has 0 atom stereocenters. The molecule has 30 heavy (non-hydrogen) atoms. The molecule has 0 aliphatic carbocycles. The van der Waals surface area contributed by atoms with E-state index in [2.05, 4.69) is 20.8 Å². The molecule has 1 N–H and O–H groups in total. The first-order valence-corrected chi connectivity index (χ1v) is 9.91. The van der Waals surface area contributed by atoms with E-state index in [0.717, 1.165) is 22.9 Å². The number of thioether (sulfide) groups is 1. The van der Waals surface area contributed by atoms with Crippen molar-refractivity contribution in [3.8, 4) is 11.4 Å². The van der Waals surface area contributed by atoms with Crippen LogP contribution >= 0.6 is 11.8 Å². The minimum absolute atomic E-state index is 0.0287. The molecular formula is C19H20N6O4S. The lowest BCUT2D eigenvalue weighted by Crippen LogP contribution is -2.17. The number of aryl methyl sites for hydroxylation is 2. The summed E-state index contributed by atoms with van der Waals surface area (Å²) in [7, 11) is 1.55. The zero-order valence-electron chi connectivity index (χ0n) is 16.9. The van der Waals surface area contributed by atoms with Gasteiger partial charge in [-0.2, -0.15) is 4.68 Å². The Morgan fingerprint density at radius 3 is 2.73 bits per heavy atom. The third kappa shape index (κ3) is 4.40. The number of rotatable bonds is 7. The van der Waals surface area contributed by atoms with Crippen LogP contribution in [0.5, 0.6) is 5.75 Å². The van der Waals surface area contributed by atoms with E-state index in [9.17, 15) is 14.9 Å². The molecule has 0 aliphatic rings. The van der Waals surface area contributed by atoms with E-state index in [1.807, 2.05) is 32.0 Å². The molecule has 0 aliphatic heterocycles. The van der Waals surface area contributed by atoms with Gasteiger partial charge in [-0.1, -0.05) is 23.9 Å². The lowest BCUT2D eigenvalue weighted by atomic mass is 10.1. The van der Waals surface area contributed by atoms with E-state index in [1.54, 1.807) is 20.1 Å². The first kappa shape index (κ1) is 21.2. The van der Waals surface area contributed by atoms with E-state index in [4.69, 9.17) is 4.74 Å². The summed E-state index contributed by atoms with van der Waals surface area (Å²) in [6.45, 7) is 5.49. The molecular weight excluding hydrogens is 408 g/mol. The Labute approximate surface area is 176 Å². The van der Waals surface area contributed by atoms with Gasteiger partial charge in [-0.25, -0.2) is 0 Å². The Bertz CT molecular complexity index is 1110. The number of nitrogens with zero attached hydrogens (tertiary/aromatic N) is 5. The van der Waals surface area contributed by atoms with Crippen LogP contribution in [0.4, 0.5) is 11.4 Å². The Balaban J connectivity index is 1.79. The number of amides is 1. The van der Waals surface area contributed by atoms with E-state index in [0.29, 0.717) is 22.2 Å². The molecule has 0 saturated carbocycles. The summed E-state index contributed by atoms with van der Waals surface area (Å²) in [5, 5.41) is 26.0. The summed E-state index contributed by atoms with van der Waals surface area (Å²) in [5.41, 5.74) is 3.19. The quantitative estimate of drug-likeness (QED) is 0.345. The zero-order valence-corrected chi connectivity index (χ0v) is 17.7. The molecule has 0 fully saturated rings. The van der Waals surface area contributed by atoms with Crippen LogP contribution in [-0.4, -0.2) is 43.9 Å². The van der Waals surface area contributed by atoms with Crippen molar-refractivity contribution in [2.45, 2.75) is 25.9 Å². The van der Waals surface area contributed by atoms with Gasteiger partial charge in [-0.3, -0.25) is 14.9 Å². The van der Waals surface area contributed by atoms with Crippen molar-refractivity contribution >= 4 is 29.0 Å². The van der Waals surface area contributed by atoms with Crippen LogP contribution in [0.1, 0.15) is 16.7 Å². The third-order valence-corrected chi connectivity index (χ3v) is 5.43. The number of hydrogen-bond donors (Lipinski definition) is 1. The summed E-state index contributed by atoms with van der Waals surface area (Å²) in [6, 6.07) is 8.63. The van der Waals surface area contributed by atoms with E-state index >= 15 is 0 Å². The molecule has 0 radical (unpaired) electrons. The SMILES string of the molecule is COc1ccc(C)cc1-n1nnnc1SCC(=O)Nc1c([N+](=O)[O-])ccc(C)c1C. The molecule has 0 saturated heterocycles. The second-order valence-electron chi connectivity index (χ2n) is 6.54. The number of nitro benzene ring substituents is 1. The highest BCUT2D eigenvalue weighted by molar-refractivity contribution is 7.99. The van der Waals surface area contributed by atoms with Gasteiger partial charge in [0.15, 0.2) is 0 Å². The van der Waals surface area contributed by atoms with Crippen LogP contribution in [0.2, 0.25) is 0 Å². The van der Waals surface area contributed by atoms with Crippen LogP contribution in [-0.2, 0) is 4.79 Å². The molecule has 1 heterocycles. The Kier molecular flexibility index (Phi) is 6.31. The molecule has 0 spiro atoms. The fourth-order valence-corrected chi connectivity index (χ4v) is 3.49. The van der Waals surface area contributed by atoms with Gasteiger partial charge in [0.2, 0.25) is 11.1 Å². The summed E-state index contributed by atoms with van der Waals surface area (Å²) in [6.07, 6.45) is 0. The Morgan fingerprint density at radius 1 is 1.27 bits per heavy atom. The maximum Gasteiger partial charge on any atom is 0.293 e. The number of methoxy groups -OCH3 is 1. The summed E-state index contributed by atoms with van der Waals surface area (Å²) < 4.78 is 6.87. The standard InChI is InChI=1S/C19H20N6O4S/c1-11-5-8-16(29-4)15(9-11)24-19(21-22-23-24)30-10-17(26)20-18-13(3)12(2)6-7-14(18)25(27)28/h5-9H,10H2,1-4H3,(H,20,26). The highest BCUT2D eigenvalue weighted by Gasteiger charge is 2.20. The number of hydrogen-bond acceptors (Lipinski definition) is 8. The van der Waals surface area contributed by atoms with Gasteiger partial charge in [-0.05, 0) is 60.0 Å². The van der Waals surface area contributed by atoms with Crippen LogP contribution in [0.15, 0.2) is 35.5 Å². The number of carbonyl (C=O) groups is 1. The van der Waals surface area contributed by atoms with Crippen molar-refractivity contribution in [3.05, 3.63) is 57.1 Å². The number of ether oxygens (including phenoxy) is 1. The maximum absolute atomic E-state index is 12.5. The van der Waals surface area contributed by atoms with Gasteiger partial charge in [0.25, 0.3) is 5.69 Å². The second kappa shape index (κ2) is 8.91. The lowest BCUT2D eigenvalue weighted by Gasteiger charge is -2.12. The van der Waals surface area contributed by atoms with Crippen molar-refractivity contribution in [3.63, 3.8) is 0 Å². The Morgan fingerprint density at radius 2 is 2.03 bits per heavy atom.